The lowest BCUT2D eigenvalue weighted by Gasteiger charge is -2.07. The van der Waals surface area contributed by atoms with Crippen LogP contribution in [0.25, 0.3) is 0 Å². The smallest absolute Gasteiger partial charge is 0.288 e. The number of hydrogen-bond acceptors (Lipinski definition) is 3. The fourth-order valence-corrected chi connectivity index (χ4v) is 2.06. The predicted molar refractivity (Wildman–Crippen MR) is 81.3 cm³/mol. The van der Waals surface area contributed by atoms with Crippen molar-refractivity contribution < 1.29 is 4.92 Å². The SMILES string of the molecule is CCc1ccc(NCc2ccc(Cl)c([N+](=O)[O-])c2)cc1. The molecule has 0 aliphatic carbocycles. The van der Waals surface area contributed by atoms with Gasteiger partial charge in [-0.3, -0.25) is 10.1 Å². The second-order valence-corrected chi connectivity index (χ2v) is 4.85. The molecule has 20 heavy (non-hydrogen) atoms. The van der Waals surface area contributed by atoms with Crippen molar-refractivity contribution in [2.24, 2.45) is 0 Å². The highest BCUT2D eigenvalue weighted by molar-refractivity contribution is 6.32. The number of nitro benzene ring substituents is 1. The summed E-state index contributed by atoms with van der Waals surface area (Å²) >= 11 is 5.78. The van der Waals surface area contributed by atoms with Gasteiger partial charge in [0.1, 0.15) is 5.02 Å². The molecule has 104 valence electrons. The lowest BCUT2D eigenvalue weighted by Crippen LogP contribution is -2.00. The Labute approximate surface area is 122 Å². The van der Waals surface area contributed by atoms with E-state index in [0.717, 1.165) is 17.7 Å². The van der Waals surface area contributed by atoms with Crippen LogP contribution in [0.4, 0.5) is 11.4 Å². The summed E-state index contributed by atoms with van der Waals surface area (Å²) in [5.74, 6) is 0. The molecule has 2 aromatic carbocycles. The molecule has 0 unspecified atom stereocenters. The maximum atomic E-state index is 10.8. The molecule has 0 atom stereocenters. The van der Waals surface area contributed by atoms with Gasteiger partial charge in [-0.25, -0.2) is 0 Å². The Bertz CT molecular complexity index is 612. The molecule has 0 aliphatic rings. The summed E-state index contributed by atoms with van der Waals surface area (Å²) in [4.78, 5) is 10.3. The summed E-state index contributed by atoms with van der Waals surface area (Å²) in [6.45, 7) is 2.62. The van der Waals surface area contributed by atoms with E-state index in [2.05, 4.69) is 24.4 Å². The van der Waals surface area contributed by atoms with E-state index < -0.39 is 4.92 Å². The van der Waals surface area contributed by atoms with Crippen molar-refractivity contribution in [3.63, 3.8) is 0 Å². The first-order chi connectivity index (χ1) is 9.60. The summed E-state index contributed by atoms with van der Waals surface area (Å²) in [6.07, 6.45) is 1.00. The van der Waals surface area contributed by atoms with E-state index in [9.17, 15) is 10.1 Å². The van der Waals surface area contributed by atoms with Crippen LogP contribution in [0.2, 0.25) is 5.02 Å². The van der Waals surface area contributed by atoms with Gasteiger partial charge < -0.3 is 5.32 Å². The Kier molecular flexibility index (Phi) is 4.58. The Hall–Kier alpha value is -2.07. The van der Waals surface area contributed by atoms with Crippen molar-refractivity contribution in [2.45, 2.75) is 19.9 Å². The zero-order valence-electron chi connectivity index (χ0n) is 11.1. The van der Waals surface area contributed by atoms with Gasteiger partial charge in [0.05, 0.1) is 4.92 Å². The maximum absolute atomic E-state index is 10.8. The van der Waals surface area contributed by atoms with Crippen LogP contribution < -0.4 is 5.32 Å². The van der Waals surface area contributed by atoms with Gasteiger partial charge in [0.2, 0.25) is 0 Å². The van der Waals surface area contributed by atoms with Crippen molar-refractivity contribution in [1.82, 2.24) is 0 Å². The third kappa shape index (κ3) is 3.48. The van der Waals surface area contributed by atoms with Crippen molar-refractivity contribution in [3.8, 4) is 0 Å². The van der Waals surface area contributed by atoms with Gasteiger partial charge in [0, 0.05) is 18.3 Å². The number of nitro groups is 1. The van der Waals surface area contributed by atoms with Crippen LogP contribution in [0.1, 0.15) is 18.1 Å². The number of aryl methyl sites for hydroxylation is 1. The van der Waals surface area contributed by atoms with Crippen LogP contribution in [-0.2, 0) is 13.0 Å². The zero-order chi connectivity index (χ0) is 14.5. The van der Waals surface area contributed by atoms with Crippen molar-refractivity contribution in [2.75, 3.05) is 5.32 Å². The first-order valence-electron chi connectivity index (χ1n) is 6.35. The summed E-state index contributed by atoms with van der Waals surface area (Å²) in [5.41, 5.74) is 3.02. The van der Waals surface area contributed by atoms with Crippen LogP contribution in [0.15, 0.2) is 42.5 Å². The van der Waals surface area contributed by atoms with Gasteiger partial charge >= 0.3 is 0 Å². The first-order valence-corrected chi connectivity index (χ1v) is 6.73. The Morgan fingerprint density at radius 3 is 2.40 bits per heavy atom. The van der Waals surface area contributed by atoms with E-state index in [-0.39, 0.29) is 10.7 Å². The number of nitrogens with one attached hydrogen (secondary N) is 1. The number of benzene rings is 2. The monoisotopic (exact) mass is 290 g/mol. The molecule has 0 fully saturated rings. The summed E-state index contributed by atoms with van der Waals surface area (Å²) < 4.78 is 0. The van der Waals surface area contributed by atoms with Crippen LogP contribution in [-0.4, -0.2) is 4.92 Å². The quantitative estimate of drug-likeness (QED) is 0.655. The standard InChI is InChI=1S/C15H15ClN2O2/c1-2-11-3-6-13(7-4-11)17-10-12-5-8-14(16)15(9-12)18(19)20/h3-9,17H,2,10H2,1H3. The van der Waals surface area contributed by atoms with Gasteiger partial charge in [-0.2, -0.15) is 0 Å². The van der Waals surface area contributed by atoms with Gasteiger partial charge in [-0.05, 0) is 35.7 Å². The van der Waals surface area contributed by atoms with Crippen LogP contribution >= 0.6 is 11.6 Å². The molecule has 0 radical (unpaired) electrons. The highest BCUT2D eigenvalue weighted by Gasteiger charge is 2.12. The molecule has 0 saturated heterocycles. The number of rotatable bonds is 5. The Morgan fingerprint density at radius 2 is 1.80 bits per heavy atom. The Balaban J connectivity index is 2.06. The van der Waals surface area contributed by atoms with Gasteiger partial charge in [0.15, 0.2) is 0 Å². The van der Waals surface area contributed by atoms with E-state index in [4.69, 9.17) is 11.6 Å². The van der Waals surface area contributed by atoms with Gasteiger partial charge in [-0.15, -0.1) is 0 Å². The minimum absolute atomic E-state index is 0.0627. The number of hydrogen-bond donors (Lipinski definition) is 1. The molecule has 0 amide bonds. The lowest BCUT2D eigenvalue weighted by atomic mass is 10.1. The maximum Gasteiger partial charge on any atom is 0.288 e. The number of nitrogens with zero attached hydrogens (tertiary/aromatic N) is 1. The molecule has 0 spiro atoms. The molecule has 0 saturated carbocycles. The molecule has 4 nitrogen and oxygen atoms in total. The summed E-state index contributed by atoms with van der Waals surface area (Å²) in [5, 5.41) is 14.2. The van der Waals surface area contributed by atoms with E-state index >= 15 is 0 Å². The molecule has 0 aromatic heterocycles. The third-order valence-corrected chi connectivity index (χ3v) is 3.39. The van der Waals surface area contributed by atoms with Crippen molar-refractivity contribution >= 4 is 23.0 Å². The highest BCUT2D eigenvalue weighted by Crippen LogP contribution is 2.25. The molecule has 2 aromatic rings. The lowest BCUT2D eigenvalue weighted by molar-refractivity contribution is -0.384. The average molecular weight is 291 g/mol. The predicted octanol–water partition coefficient (Wildman–Crippen LogP) is 4.42. The molecule has 0 bridgehead atoms. The van der Waals surface area contributed by atoms with E-state index in [0.29, 0.717) is 6.54 Å². The van der Waals surface area contributed by atoms with Gasteiger partial charge in [-0.1, -0.05) is 36.7 Å². The number of anilines is 1. The molecule has 1 N–H and O–H groups in total. The van der Waals surface area contributed by atoms with E-state index in [1.165, 1.54) is 11.6 Å². The second-order valence-electron chi connectivity index (χ2n) is 4.45. The van der Waals surface area contributed by atoms with Crippen molar-refractivity contribution in [1.29, 1.82) is 0 Å². The Morgan fingerprint density at radius 1 is 1.15 bits per heavy atom. The van der Waals surface area contributed by atoms with Crippen LogP contribution in [0.5, 0.6) is 0 Å². The third-order valence-electron chi connectivity index (χ3n) is 3.07. The summed E-state index contributed by atoms with van der Waals surface area (Å²) in [6, 6.07) is 13.0. The zero-order valence-corrected chi connectivity index (χ0v) is 11.9. The van der Waals surface area contributed by atoms with E-state index in [1.807, 2.05) is 12.1 Å². The fourth-order valence-electron chi connectivity index (χ4n) is 1.87. The topological polar surface area (TPSA) is 55.2 Å². The van der Waals surface area contributed by atoms with E-state index in [1.54, 1.807) is 12.1 Å². The molecule has 5 heteroatoms. The molecule has 2 rings (SSSR count). The number of halogens is 1. The largest absolute Gasteiger partial charge is 0.381 e. The van der Waals surface area contributed by atoms with Crippen molar-refractivity contribution in [3.05, 3.63) is 68.7 Å². The molecular weight excluding hydrogens is 276 g/mol. The normalized spacial score (nSPS) is 10.3. The second kappa shape index (κ2) is 6.39. The van der Waals surface area contributed by atoms with Gasteiger partial charge in [0.25, 0.3) is 5.69 Å². The molecule has 0 aliphatic heterocycles. The van der Waals surface area contributed by atoms with Crippen LogP contribution in [0.3, 0.4) is 0 Å². The molecule has 0 heterocycles. The summed E-state index contributed by atoms with van der Waals surface area (Å²) in [7, 11) is 0. The fraction of sp³-hybridized carbons (Fsp3) is 0.200. The first kappa shape index (κ1) is 14.3. The molecular formula is C15H15ClN2O2. The highest BCUT2D eigenvalue weighted by atomic mass is 35.5. The van der Waals surface area contributed by atoms with Crippen LogP contribution in [0, 0.1) is 10.1 Å². The minimum Gasteiger partial charge on any atom is -0.381 e. The minimum atomic E-state index is -0.470. The average Bonchev–Trinajstić information content (AvgIpc) is 2.46.